The number of hydrogen-bond acceptors (Lipinski definition) is 4. The Balaban J connectivity index is 2.99. The second kappa shape index (κ2) is 4.17. The third-order valence-electron chi connectivity index (χ3n) is 2.46. The highest BCUT2D eigenvalue weighted by molar-refractivity contribution is 7.89. The van der Waals surface area contributed by atoms with Crippen LogP contribution in [0.25, 0.3) is 10.8 Å². The Labute approximate surface area is 109 Å². The quantitative estimate of drug-likeness (QED) is 0.802. The molecule has 0 heterocycles. The summed E-state index contributed by atoms with van der Waals surface area (Å²) in [5.41, 5.74) is 7.49. The molecule has 2 aromatic carbocycles. The molecule has 2 aromatic rings. The van der Waals surface area contributed by atoms with Crippen molar-refractivity contribution in [2.75, 3.05) is 0 Å². The minimum atomic E-state index is -4.82. The van der Waals surface area contributed by atoms with E-state index in [1.165, 1.54) is 18.2 Å². The van der Waals surface area contributed by atoms with Gasteiger partial charge in [-0.25, -0.2) is 0 Å². The van der Waals surface area contributed by atoms with Crippen LogP contribution in [0.2, 0.25) is 0 Å². The Morgan fingerprint density at radius 3 is 1.74 bits per heavy atom. The lowest BCUT2D eigenvalue weighted by Gasteiger charge is -2.07. The molecule has 0 saturated heterocycles. The highest BCUT2D eigenvalue weighted by Crippen LogP contribution is 2.28. The van der Waals surface area contributed by atoms with Crippen LogP contribution >= 0.6 is 0 Å². The van der Waals surface area contributed by atoms with Crippen LogP contribution < -0.4 is 5.73 Å². The predicted octanol–water partition coefficient (Wildman–Crippen LogP) is 1.25. The predicted molar refractivity (Wildman–Crippen MR) is 66.3 cm³/mol. The molecule has 3 N–H and O–H groups in total. The van der Waals surface area contributed by atoms with Gasteiger partial charge in [-0.2, -0.15) is 16.8 Å². The largest absolute Gasteiger partial charge is 0.301 e. The number of rotatable bonds is 2. The molecule has 7 nitrogen and oxygen atoms in total. The topological polar surface area (TPSA) is 133 Å². The Hall–Kier alpha value is -1.68. The van der Waals surface area contributed by atoms with Gasteiger partial charge in [-0.05, 0) is 35.0 Å². The summed E-state index contributed by atoms with van der Waals surface area (Å²) in [6, 6.07) is 5.90. The molecule has 0 fully saturated rings. The normalized spacial score (nSPS) is 12.7. The van der Waals surface area contributed by atoms with Crippen molar-refractivity contribution in [1.29, 1.82) is 0 Å². The van der Waals surface area contributed by atoms with E-state index in [0.29, 0.717) is 5.39 Å². The lowest BCUT2D eigenvalue weighted by atomic mass is 10.1. The van der Waals surface area contributed by atoms with Crippen molar-refractivity contribution in [2.45, 2.75) is 9.79 Å². The molecule has 2 rings (SSSR count). The van der Waals surface area contributed by atoms with Gasteiger partial charge >= 0.3 is 0 Å². The highest BCUT2D eigenvalue weighted by atomic mass is 32.2. The molecule has 0 amide bonds. The summed E-state index contributed by atoms with van der Waals surface area (Å²) in [4.78, 5) is -1.83. The van der Waals surface area contributed by atoms with Gasteiger partial charge in [-0.3, -0.25) is 9.11 Å². The molecule has 0 saturated carbocycles. The van der Waals surface area contributed by atoms with Crippen LogP contribution in [0.3, 0.4) is 0 Å². The van der Waals surface area contributed by atoms with Crippen molar-refractivity contribution in [3.05, 3.63) is 30.3 Å². The molecule has 0 aliphatic carbocycles. The molecular formula is C10H8NO6S2. The van der Waals surface area contributed by atoms with Gasteiger partial charge in [-0.15, -0.1) is 0 Å². The molecular weight excluding hydrogens is 294 g/mol. The maximum absolute atomic E-state index is 11.2. The van der Waals surface area contributed by atoms with E-state index in [1.54, 1.807) is 0 Å². The van der Waals surface area contributed by atoms with Crippen molar-refractivity contribution < 1.29 is 25.9 Å². The van der Waals surface area contributed by atoms with Crippen molar-refractivity contribution in [3.63, 3.8) is 0 Å². The first-order valence-corrected chi connectivity index (χ1v) is 7.71. The summed E-state index contributed by atoms with van der Waals surface area (Å²) in [5.74, 6) is 0. The molecule has 9 heteroatoms. The number of benzene rings is 2. The fourth-order valence-corrected chi connectivity index (χ4v) is 3.47. The van der Waals surface area contributed by atoms with Crippen LogP contribution in [-0.2, 0) is 20.2 Å². The first-order chi connectivity index (χ1) is 8.59. The average Bonchev–Trinajstić information content (AvgIpc) is 2.24. The highest BCUT2D eigenvalue weighted by Gasteiger charge is 2.24. The first kappa shape index (κ1) is 13.7. The zero-order chi connectivity index (χ0) is 14.4. The Kier molecular flexibility index (Phi) is 3.01. The lowest BCUT2D eigenvalue weighted by molar-refractivity contribution is 0.467. The molecule has 1 radical (unpaired) electrons. The molecule has 0 aliphatic rings. The van der Waals surface area contributed by atoms with E-state index in [1.807, 2.05) is 0 Å². The molecule has 19 heavy (non-hydrogen) atoms. The minimum Gasteiger partial charge on any atom is -0.301 e. The molecule has 0 aromatic heterocycles. The second-order valence-electron chi connectivity index (χ2n) is 3.81. The van der Waals surface area contributed by atoms with E-state index < -0.39 is 30.0 Å². The van der Waals surface area contributed by atoms with Gasteiger partial charge in [0.05, 0.1) is 5.69 Å². The summed E-state index contributed by atoms with van der Waals surface area (Å²) in [7, 11) is -9.63. The van der Waals surface area contributed by atoms with E-state index in [0.717, 1.165) is 12.1 Å². The Morgan fingerprint density at radius 2 is 1.26 bits per heavy atom. The van der Waals surface area contributed by atoms with Gasteiger partial charge in [-0.1, -0.05) is 6.07 Å². The number of fused-ring (bicyclic) bond motifs is 1. The summed E-state index contributed by atoms with van der Waals surface area (Å²) >= 11 is 0. The first-order valence-electron chi connectivity index (χ1n) is 4.83. The Bertz CT molecular complexity index is 870. The van der Waals surface area contributed by atoms with Gasteiger partial charge in [0.25, 0.3) is 20.2 Å². The smallest absolute Gasteiger partial charge is 0.295 e. The molecule has 0 bridgehead atoms. The van der Waals surface area contributed by atoms with Crippen LogP contribution in [0, 0.1) is 0 Å². The average molecular weight is 302 g/mol. The van der Waals surface area contributed by atoms with E-state index in [2.05, 4.69) is 0 Å². The zero-order valence-electron chi connectivity index (χ0n) is 9.23. The summed E-state index contributed by atoms with van der Waals surface area (Å²) in [5, 5.41) is 0.573. The minimum absolute atomic E-state index is 0.0911. The zero-order valence-corrected chi connectivity index (χ0v) is 10.9. The Morgan fingerprint density at radius 1 is 0.789 bits per heavy atom. The molecule has 0 aliphatic heterocycles. The van der Waals surface area contributed by atoms with E-state index in [9.17, 15) is 16.8 Å². The van der Waals surface area contributed by atoms with Gasteiger partial charge in [0.1, 0.15) is 9.79 Å². The molecule has 0 atom stereocenters. The van der Waals surface area contributed by atoms with Gasteiger partial charge < -0.3 is 5.73 Å². The standard InChI is InChI=1S/C10H8NO6S2/c11-8-2-1-6-4-9(18(12,13)14)10(19(15,16)17)5-7(6)3-8/h1-5,11H,(H,12,13,14)(H,15,16,17). The van der Waals surface area contributed by atoms with E-state index in [4.69, 9.17) is 14.8 Å². The second-order valence-corrected chi connectivity index (χ2v) is 6.59. The van der Waals surface area contributed by atoms with Crippen LogP contribution in [0.15, 0.2) is 40.1 Å². The van der Waals surface area contributed by atoms with Gasteiger partial charge in [0.2, 0.25) is 0 Å². The van der Waals surface area contributed by atoms with Crippen LogP contribution in [0.5, 0.6) is 0 Å². The van der Waals surface area contributed by atoms with Crippen molar-refractivity contribution in [3.8, 4) is 0 Å². The molecule has 0 spiro atoms. The van der Waals surface area contributed by atoms with Gasteiger partial charge in [0, 0.05) is 0 Å². The third kappa shape index (κ3) is 2.68. The van der Waals surface area contributed by atoms with Crippen LogP contribution in [0.4, 0.5) is 5.69 Å². The van der Waals surface area contributed by atoms with Crippen molar-refractivity contribution >= 4 is 36.7 Å². The lowest BCUT2D eigenvalue weighted by Crippen LogP contribution is -2.08. The number of nitrogens with one attached hydrogen (secondary N) is 1. The molecule has 101 valence electrons. The molecule has 0 unspecified atom stereocenters. The SMILES string of the molecule is [NH]c1ccc2cc(S(=O)(=O)O)c(S(=O)(=O)O)cc2c1. The van der Waals surface area contributed by atoms with Crippen LogP contribution in [0.1, 0.15) is 0 Å². The van der Waals surface area contributed by atoms with Crippen molar-refractivity contribution in [1.82, 2.24) is 5.73 Å². The summed E-state index contributed by atoms with van der Waals surface area (Å²) < 4.78 is 62.7. The van der Waals surface area contributed by atoms with E-state index in [-0.39, 0.29) is 11.1 Å². The maximum atomic E-state index is 11.2. The van der Waals surface area contributed by atoms with E-state index >= 15 is 0 Å². The maximum Gasteiger partial charge on any atom is 0.295 e. The van der Waals surface area contributed by atoms with Crippen LogP contribution in [-0.4, -0.2) is 25.9 Å². The summed E-state index contributed by atoms with van der Waals surface area (Å²) in [6.45, 7) is 0. The summed E-state index contributed by atoms with van der Waals surface area (Å²) in [6.07, 6.45) is 0. The number of hydrogen-bond donors (Lipinski definition) is 2. The van der Waals surface area contributed by atoms with Gasteiger partial charge in [0.15, 0.2) is 0 Å². The fourth-order valence-electron chi connectivity index (χ4n) is 1.66. The fraction of sp³-hybridized carbons (Fsp3) is 0. The monoisotopic (exact) mass is 302 g/mol. The third-order valence-corrected chi connectivity index (χ3v) is 4.38. The van der Waals surface area contributed by atoms with Crippen molar-refractivity contribution in [2.24, 2.45) is 0 Å².